The molecule has 162 valence electrons. The zero-order chi connectivity index (χ0) is 22.1. The predicted molar refractivity (Wildman–Crippen MR) is 103 cm³/mol. The van der Waals surface area contributed by atoms with Crippen LogP contribution in [-0.4, -0.2) is 43.2 Å². The third-order valence-electron chi connectivity index (χ3n) is 4.27. The maximum absolute atomic E-state index is 14.4. The zero-order valence-electron chi connectivity index (χ0n) is 16.4. The topological polar surface area (TPSA) is 65.1 Å². The Labute approximate surface area is 168 Å². The average molecular weight is 435 g/mol. The summed E-state index contributed by atoms with van der Waals surface area (Å²) in [4.78, 5) is 13.0. The van der Waals surface area contributed by atoms with Gasteiger partial charge in [0.25, 0.3) is 0 Å². The van der Waals surface area contributed by atoms with Gasteiger partial charge in [0.05, 0.1) is 0 Å². The molecule has 0 aliphatic rings. The zero-order valence-corrected chi connectivity index (χ0v) is 17.2. The molecule has 1 aromatic rings. The molecule has 1 atom stereocenters. The van der Waals surface area contributed by atoms with Crippen LogP contribution in [0, 0.1) is 0 Å². The molecule has 0 spiro atoms. The summed E-state index contributed by atoms with van der Waals surface area (Å²) >= 11 is 0. The van der Waals surface area contributed by atoms with E-state index in [-0.39, 0.29) is 13.0 Å². The normalized spacial score (nSPS) is 14.0. The van der Waals surface area contributed by atoms with E-state index in [2.05, 4.69) is 13.2 Å². The average Bonchev–Trinajstić information content (AvgIpc) is 2.71. The molecule has 0 N–H and O–H groups in total. The molecule has 0 aromatic heterocycles. The van der Waals surface area contributed by atoms with E-state index in [4.69, 9.17) is 13.8 Å². The van der Waals surface area contributed by atoms with Gasteiger partial charge in [0.2, 0.25) is 5.28 Å². The van der Waals surface area contributed by atoms with Crippen molar-refractivity contribution in [2.45, 2.75) is 30.9 Å². The number of carbonyl (C=O) groups excluding carboxylic acids is 1. The Balaban J connectivity index is 3.47. The lowest BCUT2D eigenvalue weighted by atomic mass is 10.1. The summed E-state index contributed by atoms with van der Waals surface area (Å²) in [6.45, 7) is 5.95. The molecule has 0 bridgehead atoms. The molecule has 0 aliphatic carbocycles. The summed E-state index contributed by atoms with van der Waals surface area (Å²) in [6.07, 6.45) is -5.22. The van der Waals surface area contributed by atoms with Crippen molar-refractivity contribution in [3.05, 3.63) is 61.2 Å². The van der Waals surface area contributed by atoms with Crippen molar-refractivity contribution < 1.29 is 36.3 Å². The van der Waals surface area contributed by atoms with Crippen LogP contribution in [0.15, 0.2) is 55.6 Å². The lowest BCUT2D eigenvalue weighted by Crippen LogP contribution is -2.61. The van der Waals surface area contributed by atoms with E-state index in [9.17, 15) is 22.5 Å². The van der Waals surface area contributed by atoms with Crippen LogP contribution >= 0.6 is 7.60 Å². The molecule has 1 aromatic carbocycles. The van der Waals surface area contributed by atoms with Crippen molar-refractivity contribution in [2.24, 2.45) is 0 Å². The highest BCUT2D eigenvalue weighted by atomic mass is 31.2. The number of rotatable bonds is 11. The minimum atomic E-state index is -5.17. The summed E-state index contributed by atoms with van der Waals surface area (Å²) in [5, 5.41) is -3.29. The third kappa shape index (κ3) is 5.29. The van der Waals surface area contributed by atoms with Crippen LogP contribution in [0.5, 0.6) is 0 Å². The summed E-state index contributed by atoms with van der Waals surface area (Å²) in [5.41, 5.74) is 0.574. The molecule has 0 heterocycles. The lowest BCUT2D eigenvalue weighted by Gasteiger charge is -2.45. The van der Waals surface area contributed by atoms with Crippen LogP contribution in [-0.2, 0) is 25.0 Å². The second-order valence-electron chi connectivity index (χ2n) is 5.94. The first-order chi connectivity index (χ1) is 13.6. The van der Waals surface area contributed by atoms with E-state index in [0.717, 1.165) is 20.3 Å². The van der Waals surface area contributed by atoms with Crippen LogP contribution in [0.3, 0.4) is 0 Å². The highest BCUT2D eigenvalue weighted by Gasteiger charge is 2.71. The second-order valence-corrected chi connectivity index (χ2v) is 8.41. The molecule has 1 rings (SSSR count). The van der Waals surface area contributed by atoms with Crippen molar-refractivity contribution in [3.63, 3.8) is 0 Å². The van der Waals surface area contributed by atoms with Gasteiger partial charge in [0.1, 0.15) is 6.61 Å². The molecule has 1 amide bonds. The molecular formula is C19H25F3NO5P. The molecule has 1 unspecified atom stereocenters. The van der Waals surface area contributed by atoms with Crippen molar-refractivity contribution in [1.82, 2.24) is 4.90 Å². The quantitative estimate of drug-likeness (QED) is 0.338. The van der Waals surface area contributed by atoms with E-state index in [1.54, 1.807) is 30.3 Å². The van der Waals surface area contributed by atoms with Crippen LogP contribution in [0.2, 0.25) is 0 Å². The molecule has 0 aliphatic heterocycles. The Morgan fingerprint density at radius 2 is 1.72 bits per heavy atom. The van der Waals surface area contributed by atoms with Crippen molar-refractivity contribution in [1.29, 1.82) is 0 Å². The number of alkyl halides is 3. The van der Waals surface area contributed by atoms with Gasteiger partial charge in [0, 0.05) is 20.8 Å². The Morgan fingerprint density at radius 3 is 2.17 bits per heavy atom. The van der Waals surface area contributed by atoms with Gasteiger partial charge in [-0.05, 0) is 18.4 Å². The Bertz CT molecular complexity index is 733. The van der Waals surface area contributed by atoms with E-state index >= 15 is 0 Å². The second kappa shape index (κ2) is 10.6. The van der Waals surface area contributed by atoms with Gasteiger partial charge in [-0.3, -0.25) is 9.46 Å². The lowest BCUT2D eigenvalue weighted by molar-refractivity contribution is -0.203. The minimum Gasteiger partial charge on any atom is -0.445 e. The maximum Gasteiger partial charge on any atom is 0.423 e. The van der Waals surface area contributed by atoms with Gasteiger partial charge in [-0.2, -0.15) is 13.2 Å². The number of nitrogens with zero attached hydrogens (tertiary/aromatic N) is 1. The first-order valence-corrected chi connectivity index (χ1v) is 10.2. The number of halogens is 3. The molecule has 0 saturated carbocycles. The van der Waals surface area contributed by atoms with E-state index in [0.29, 0.717) is 10.5 Å². The number of allylic oxidation sites excluding steroid dienone is 1. The Morgan fingerprint density at radius 1 is 1.14 bits per heavy atom. The standard InChI is InChI=1S/C19H25F3NO5P/c1-5-7-13-18(19(20,21)22,29(25,26-3)27-4)23(14-6-2)17(24)28-15-16-11-9-8-10-12-16/h5-6,8-12H,1-2,7,13-15H2,3-4H3. The van der Waals surface area contributed by atoms with Crippen molar-refractivity contribution >= 4 is 13.7 Å². The van der Waals surface area contributed by atoms with Gasteiger partial charge >= 0.3 is 19.9 Å². The van der Waals surface area contributed by atoms with Gasteiger partial charge < -0.3 is 13.8 Å². The van der Waals surface area contributed by atoms with Crippen molar-refractivity contribution in [3.8, 4) is 0 Å². The van der Waals surface area contributed by atoms with E-state index < -0.39 is 38.1 Å². The molecule has 6 nitrogen and oxygen atoms in total. The minimum absolute atomic E-state index is 0.212. The van der Waals surface area contributed by atoms with E-state index in [1.807, 2.05) is 0 Å². The summed E-state index contributed by atoms with van der Waals surface area (Å²) in [6, 6.07) is 8.43. The molecule has 0 fully saturated rings. The maximum atomic E-state index is 14.4. The fraction of sp³-hybridized carbons (Fsp3) is 0.421. The first-order valence-electron chi connectivity index (χ1n) is 8.62. The Hall–Kier alpha value is -2.09. The fourth-order valence-corrected chi connectivity index (χ4v) is 4.78. The van der Waals surface area contributed by atoms with E-state index in [1.165, 1.54) is 6.08 Å². The van der Waals surface area contributed by atoms with Crippen molar-refractivity contribution in [2.75, 3.05) is 20.8 Å². The summed E-state index contributed by atoms with van der Waals surface area (Å²) in [5.74, 6) is 0. The van der Waals surface area contributed by atoms with Crippen LogP contribution in [0.4, 0.5) is 18.0 Å². The highest BCUT2D eigenvalue weighted by Crippen LogP contribution is 2.68. The number of benzene rings is 1. The SMILES string of the molecule is C=CCCC(N(CC=C)C(=O)OCc1ccccc1)(C(F)(F)F)P(=O)(OC)OC. The number of ether oxygens (including phenoxy) is 1. The molecule has 10 heteroatoms. The van der Waals surface area contributed by atoms with Crippen LogP contribution in [0.1, 0.15) is 18.4 Å². The largest absolute Gasteiger partial charge is 0.445 e. The predicted octanol–water partition coefficient (Wildman–Crippen LogP) is 5.52. The smallest absolute Gasteiger partial charge is 0.423 e. The summed E-state index contributed by atoms with van der Waals surface area (Å²) < 4.78 is 70.9. The van der Waals surface area contributed by atoms with Gasteiger partial charge in [0.15, 0.2) is 0 Å². The number of carbonyl (C=O) groups is 1. The first kappa shape index (κ1) is 24.9. The van der Waals surface area contributed by atoms with Gasteiger partial charge in [-0.1, -0.05) is 42.5 Å². The number of hydrogen-bond acceptors (Lipinski definition) is 5. The molecule has 0 saturated heterocycles. The highest BCUT2D eigenvalue weighted by molar-refractivity contribution is 7.55. The Kier molecular flexibility index (Phi) is 9.14. The van der Waals surface area contributed by atoms with Gasteiger partial charge in [-0.15, -0.1) is 13.2 Å². The molecule has 29 heavy (non-hydrogen) atoms. The van der Waals surface area contributed by atoms with Crippen LogP contribution < -0.4 is 0 Å². The number of amides is 1. The third-order valence-corrected chi connectivity index (χ3v) is 6.85. The van der Waals surface area contributed by atoms with Crippen LogP contribution in [0.25, 0.3) is 0 Å². The summed E-state index contributed by atoms with van der Waals surface area (Å²) in [7, 11) is -3.24. The fourth-order valence-electron chi connectivity index (χ4n) is 2.85. The van der Waals surface area contributed by atoms with Gasteiger partial charge in [-0.25, -0.2) is 4.79 Å². The molecular weight excluding hydrogens is 410 g/mol. The number of hydrogen-bond donors (Lipinski definition) is 0. The molecule has 0 radical (unpaired) electrons. The monoisotopic (exact) mass is 435 g/mol.